The number of hydrogen-bond donors (Lipinski definition) is 2. The molecule has 0 atom stereocenters. The first kappa shape index (κ1) is 18.9. The molecular formula is C19H18N4O5. The maximum atomic E-state index is 12.7. The van der Waals surface area contributed by atoms with Gasteiger partial charge in [-0.2, -0.15) is 5.10 Å². The number of benzene rings is 2. The van der Waals surface area contributed by atoms with Crippen LogP contribution in [0.4, 0.5) is 5.69 Å². The summed E-state index contributed by atoms with van der Waals surface area (Å²) in [5, 5.41) is 20.3. The number of methoxy groups -OCH3 is 2. The smallest absolute Gasteiger partial charge is 0.269 e. The molecule has 3 aromatic rings. The zero-order valence-corrected chi connectivity index (χ0v) is 15.3. The van der Waals surface area contributed by atoms with Gasteiger partial charge in [0.15, 0.2) is 0 Å². The van der Waals surface area contributed by atoms with Gasteiger partial charge in [-0.1, -0.05) is 0 Å². The number of nitro benzene ring substituents is 1. The molecule has 0 fully saturated rings. The summed E-state index contributed by atoms with van der Waals surface area (Å²) in [5.41, 5.74) is 2.16. The second-order valence-electron chi connectivity index (χ2n) is 5.82. The molecule has 0 saturated carbocycles. The van der Waals surface area contributed by atoms with Gasteiger partial charge in [0.2, 0.25) is 0 Å². The van der Waals surface area contributed by atoms with Crippen LogP contribution >= 0.6 is 0 Å². The molecule has 1 amide bonds. The summed E-state index contributed by atoms with van der Waals surface area (Å²) >= 11 is 0. The monoisotopic (exact) mass is 382 g/mol. The number of rotatable bonds is 7. The molecule has 144 valence electrons. The van der Waals surface area contributed by atoms with Crippen LogP contribution in [0.15, 0.2) is 48.7 Å². The molecule has 3 rings (SSSR count). The third-order valence-electron chi connectivity index (χ3n) is 4.18. The molecule has 28 heavy (non-hydrogen) atoms. The summed E-state index contributed by atoms with van der Waals surface area (Å²) in [6, 6.07) is 11.2. The van der Waals surface area contributed by atoms with Crippen LogP contribution in [0, 0.1) is 10.1 Å². The predicted molar refractivity (Wildman–Crippen MR) is 101 cm³/mol. The molecular weight excluding hydrogens is 364 g/mol. The number of aromatic amines is 1. The first-order valence-electron chi connectivity index (χ1n) is 8.30. The van der Waals surface area contributed by atoms with E-state index < -0.39 is 4.92 Å². The van der Waals surface area contributed by atoms with Gasteiger partial charge in [-0.25, -0.2) is 0 Å². The summed E-state index contributed by atoms with van der Waals surface area (Å²) in [5.74, 6) is 0.941. The highest BCUT2D eigenvalue weighted by molar-refractivity contribution is 5.99. The van der Waals surface area contributed by atoms with E-state index in [-0.39, 0.29) is 18.1 Å². The molecule has 0 bridgehead atoms. The molecule has 0 aliphatic rings. The Bertz CT molecular complexity index is 998. The quantitative estimate of drug-likeness (QED) is 0.479. The minimum absolute atomic E-state index is 0.0283. The Balaban J connectivity index is 1.78. The molecule has 2 N–H and O–H groups in total. The zero-order chi connectivity index (χ0) is 20.1. The lowest BCUT2D eigenvalue weighted by Crippen LogP contribution is -2.23. The highest BCUT2D eigenvalue weighted by atomic mass is 16.6. The van der Waals surface area contributed by atoms with Crippen molar-refractivity contribution in [2.24, 2.45) is 0 Å². The fourth-order valence-electron chi connectivity index (χ4n) is 2.72. The van der Waals surface area contributed by atoms with Crippen molar-refractivity contribution in [3.05, 3.63) is 69.9 Å². The normalized spacial score (nSPS) is 10.4. The molecule has 1 aromatic heterocycles. The number of aromatic nitrogens is 2. The van der Waals surface area contributed by atoms with Crippen LogP contribution in [0.2, 0.25) is 0 Å². The lowest BCUT2D eigenvalue weighted by molar-refractivity contribution is -0.384. The van der Waals surface area contributed by atoms with Gasteiger partial charge in [-0.15, -0.1) is 0 Å². The molecule has 0 aliphatic carbocycles. The van der Waals surface area contributed by atoms with E-state index in [2.05, 4.69) is 15.5 Å². The highest BCUT2D eigenvalue weighted by Crippen LogP contribution is 2.25. The van der Waals surface area contributed by atoms with Crippen LogP contribution in [0.3, 0.4) is 0 Å². The summed E-state index contributed by atoms with van der Waals surface area (Å²) in [4.78, 5) is 23.0. The molecule has 1 heterocycles. The Morgan fingerprint density at radius 1 is 1.18 bits per heavy atom. The van der Waals surface area contributed by atoms with Crippen LogP contribution in [0.5, 0.6) is 11.5 Å². The van der Waals surface area contributed by atoms with E-state index in [9.17, 15) is 14.9 Å². The minimum Gasteiger partial charge on any atom is -0.497 e. The topological polar surface area (TPSA) is 119 Å². The van der Waals surface area contributed by atoms with Crippen molar-refractivity contribution < 1.29 is 19.2 Å². The van der Waals surface area contributed by atoms with Crippen molar-refractivity contribution in [1.82, 2.24) is 15.5 Å². The van der Waals surface area contributed by atoms with Gasteiger partial charge >= 0.3 is 0 Å². The van der Waals surface area contributed by atoms with Crippen LogP contribution in [-0.4, -0.2) is 35.2 Å². The van der Waals surface area contributed by atoms with Crippen molar-refractivity contribution in [3.63, 3.8) is 0 Å². The first-order chi connectivity index (χ1) is 13.5. The number of carbonyl (C=O) groups excluding carboxylic acids is 1. The SMILES string of the molecule is COc1ccc(OC)c(CNC(=O)c2cn[nH]c2-c2ccc([N+](=O)[O-])cc2)c1. The van der Waals surface area contributed by atoms with Crippen molar-refractivity contribution in [2.75, 3.05) is 14.2 Å². The van der Waals surface area contributed by atoms with Gasteiger partial charge < -0.3 is 14.8 Å². The van der Waals surface area contributed by atoms with E-state index in [0.29, 0.717) is 28.3 Å². The number of nitrogens with zero attached hydrogens (tertiary/aromatic N) is 2. The van der Waals surface area contributed by atoms with Crippen molar-refractivity contribution in [3.8, 4) is 22.8 Å². The van der Waals surface area contributed by atoms with Crippen LogP contribution in [-0.2, 0) is 6.54 Å². The van der Waals surface area contributed by atoms with Gasteiger partial charge in [0, 0.05) is 29.8 Å². The molecule has 0 saturated heterocycles. The number of non-ortho nitro benzene ring substituents is 1. The number of nitro groups is 1. The average molecular weight is 382 g/mol. The molecule has 9 heteroatoms. The minimum atomic E-state index is -0.480. The van der Waals surface area contributed by atoms with Crippen molar-refractivity contribution in [2.45, 2.75) is 6.54 Å². The first-order valence-corrected chi connectivity index (χ1v) is 8.30. The summed E-state index contributed by atoms with van der Waals surface area (Å²) in [6.07, 6.45) is 1.41. The van der Waals surface area contributed by atoms with Gasteiger partial charge in [0.25, 0.3) is 11.6 Å². The van der Waals surface area contributed by atoms with Gasteiger partial charge in [-0.3, -0.25) is 20.0 Å². The summed E-state index contributed by atoms with van der Waals surface area (Å²) < 4.78 is 10.5. The summed E-state index contributed by atoms with van der Waals surface area (Å²) in [7, 11) is 3.11. The average Bonchev–Trinajstić information content (AvgIpc) is 3.21. The summed E-state index contributed by atoms with van der Waals surface area (Å²) in [6.45, 7) is 0.226. The van der Waals surface area contributed by atoms with Crippen molar-refractivity contribution >= 4 is 11.6 Å². The number of hydrogen-bond acceptors (Lipinski definition) is 6. The zero-order valence-electron chi connectivity index (χ0n) is 15.3. The van der Waals surface area contributed by atoms with E-state index in [1.54, 1.807) is 44.6 Å². The number of H-pyrrole nitrogens is 1. The Morgan fingerprint density at radius 3 is 2.57 bits per heavy atom. The molecule has 0 aliphatic heterocycles. The Labute approximate surface area is 160 Å². The van der Waals surface area contributed by atoms with E-state index in [4.69, 9.17) is 9.47 Å². The lowest BCUT2D eigenvalue weighted by atomic mass is 10.1. The largest absolute Gasteiger partial charge is 0.497 e. The van der Waals surface area contributed by atoms with E-state index in [0.717, 1.165) is 5.56 Å². The fraction of sp³-hybridized carbons (Fsp3) is 0.158. The lowest BCUT2D eigenvalue weighted by Gasteiger charge is -2.11. The number of carbonyl (C=O) groups is 1. The third kappa shape index (κ3) is 3.93. The second kappa shape index (κ2) is 8.21. The Kier molecular flexibility index (Phi) is 5.54. The molecule has 9 nitrogen and oxygen atoms in total. The van der Waals surface area contributed by atoms with E-state index >= 15 is 0 Å². The number of nitrogens with one attached hydrogen (secondary N) is 2. The van der Waals surface area contributed by atoms with Gasteiger partial charge in [0.1, 0.15) is 11.5 Å². The second-order valence-corrected chi connectivity index (χ2v) is 5.82. The van der Waals surface area contributed by atoms with E-state index in [1.807, 2.05) is 0 Å². The molecule has 0 radical (unpaired) electrons. The molecule has 0 spiro atoms. The third-order valence-corrected chi connectivity index (χ3v) is 4.18. The fourth-order valence-corrected chi connectivity index (χ4v) is 2.72. The molecule has 2 aromatic carbocycles. The van der Waals surface area contributed by atoms with Crippen LogP contribution in [0.1, 0.15) is 15.9 Å². The van der Waals surface area contributed by atoms with Crippen LogP contribution in [0.25, 0.3) is 11.3 Å². The molecule has 0 unspecified atom stereocenters. The van der Waals surface area contributed by atoms with E-state index in [1.165, 1.54) is 18.3 Å². The standard InChI is InChI=1S/C19H18N4O5/c1-27-15-7-8-17(28-2)13(9-15)10-20-19(24)16-11-21-22-18(16)12-3-5-14(6-4-12)23(25)26/h3-9,11H,10H2,1-2H3,(H,20,24)(H,21,22). The van der Waals surface area contributed by atoms with Crippen molar-refractivity contribution in [1.29, 1.82) is 0 Å². The maximum Gasteiger partial charge on any atom is 0.269 e. The maximum absolute atomic E-state index is 12.7. The van der Waals surface area contributed by atoms with Gasteiger partial charge in [-0.05, 0) is 30.3 Å². The highest BCUT2D eigenvalue weighted by Gasteiger charge is 2.17. The Hall–Kier alpha value is -3.88. The van der Waals surface area contributed by atoms with Crippen LogP contribution < -0.4 is 14.8 Å². The predicted octanol–water partition coefficient (Wildman–Crippen LogP) is 2.93. The number of ether oxygens (including phenoxy) is 2. The number of amides is 1. The Morgan fingerprint density at radius 2 is 1.93 bits per heavy atom. The van der Waals surface area contributed by atoms with Gasteiger partial charge in [0.05, 0.1) is 36.6 Å².